The number of hydrogen-bond donors (Lipinski definition) is 0. The third-order valence-electron chi connectivity index (χ3n) is 3.43. The summed E-state index contributed by atoms with van der Waals surface area (Å²) in [5.74, 6) is -0.228. The number of rotatable bonds is 2. The molecule has 1 saturated heterocycles. The van der Waals surface area contributed by atoms with Gasteiger partial charge in [0.2, 0.25) is 0 Å². The molecule has 2 heterocycles. The van der Waals surface area contributed by atoms with E-state index in [0.717, 1.165) is 39.7 Å². The second-order valence-corrected chi connectivity index (χ2v) is 5.62. The van der Waals surface area contributed by atoms with Crippen molar-refractivity contribution in [2.24, 2.45) is 0 Å². The van der Waals surface area contributed by atoms with Crippen molar-refractivity contribution >= 4 is 39.9 Å². The first-order chi connectivity index (χ1) is 9.61. The predicted molar refractivity (Wildman–Crippen MR) is 81.3 cm³/mol. The highest BCUT2D eigenvalue weighted by atomic mass is 32.2. The van der Waals surface area contributed by atoms with E-state index in [-0.39, 0.29) is 11.1 Å². The van der Waals surface area contributed by atoms with Crippen LogP contribution in [0.1, 0.15) is 12.5 Å². The van der Waals surface area contributed by atoms with Crippen molar-refractivity contribution in [3.05, 3.63) is 40.9 Å². The molecule has 102 valence electrons. The first kappa shape index (κ1) is 13.0. The van der Waals surface area contributed by atoms with E-state index in [1.807, 2.05) is 30.5 Å². The average molecular weight is 286 g/mol. The maximum Gasteiger partial charge on any atom is 0.293 e. The van der Waals surface area contributed by atoms with Crippen LogP contribution in [0.3, 0.4) is 0 Å². The summed E-state index contributed by atoms with van der Waals surface area (Å²) in [5, 5.41) is 0.873. The summed E-state index contributed by atoms with van der Waals surface area (Å²) in [6.07, 6.45) is 3.83. The number of carbonyl (C=O) groups excluding carboxylic acids is 2. The molecule has 4 nitrogen and oxygen atoms in total. The van der Waals surface area contributed by atoms with Crippen LogP contribution in [0.25, 0.3) is 17.0 Å². The Kier molecular flexibility index (Phi) is 3.14. The van der Waals surface area contributed by atoms with E-state index < -0.39 is 0 Å². The monoisotopic (exact) mass is 286 g/mol. The van der Waals surface area contributed by atoms with E-state index in [1.54, 1.807) is 0 Å². The van der Waals surface area contributed by atoms with Gasteiger partial charge in [-0.3, -0.25) is 14.5 Å². The number of imide groups is 1. The van der Waals surface area contributed by atoms with E-state index in [4.69, 9.17) is 0 Å². The van der Waals surface area contributed by atoms with Crippen molar-refractivity contribution in [3.8, 4) is 0 Å². The molecule has 3 rings (SSSR count). The molecule has 0 N–H and O–H groups in total. The molecule has 0 unspecified atom stereocenters. The number of fused-ring (bicyclic) bond motifs is 1. The fourth-order valence-corrected chi connectivity index (χ4v) is 3.16. The topological polar surface area (TPSA) is 42.3 Å². The number of para-hydroxylation sites is 1. The molecule has 0 aliphatic carbocycles. The van der Waals surface area contributed by atoms with E-state index in [0.29, 0.717) is 4.91 Å². The van der Waals surface area contributed by atoms with Gasteiger partial charge in [-0.1, -0.05) is 18.2 Å². The van der Waals surface area contributed by atoms with Gasteiger partial charge in [0.05, 0.1) is 4.91 Å². The molecule has 0 atom stereocenters. The second kappa shape index (κ2) is 4.83. The van der Waals surface area contributed by atoms with Crippen molar-refractivity contribution in [1.82, 2.24) is 9.47 Å². The van der Waals surface area contributed by atoms with Gasteiger partial charge in [-0.15, -0.1) is 0 Å². The number of amides is 2. The Morgan fingerprint density at radius 3 is 2.65 bits per heavy atom. The fourth-order valence-electron chi connectivity index (χ4n) is 2.34. The molecular formula is C15H14N2O2S. The number of aromatic nitrogens is 1. The van der Waals surface area contributed by atoms with Crippen LogP contribution in [0.2, 0.25) is 0 Å². The van der Waals surface area contributed by atoms with Gasteiger partial charge in [-0.25, -0.2) is 0 Å². The zero-order valence-corrected chi connectivity index (χ0v) is 12.1. The molecule has 1 aliphatic rings. The third kappa shape index (κ3) is 1.94. The van der Waals surface area contributed by atoms with Crippen molar-refractivity contribution in [3.63, 3.8) is 0 Å². The average Bonchev–Trinajstić information content (AvgIpc) is 2.93. The molecule has 0 bridgehead atoms. The smallest absolute Gasteiger partial charge is 0.293 e. The van der Waals surface area contributed by atoms with Gasteiger partial charge in [-0.05, 0) is 30.8 Å². The summed E-state index contributed by atoms with van der Waals surface area (Å²) >= 11 is 0.991. The van der Waals surface area contributed by atoms with E-state index in [2.05, 4.69) is 17.6 Å². The zero-order chi connectivity index (χ0) is 14.3. The van der Waals surface area contributed by atoms with Gasteiger partial charge in [0.25, 0.3) is 11.1 Å². The first-order valence-electron chi connectivity index (χ1n) is 6.41. The molecule has 1 aliphatic heterocycles. The highest BCUT2D eigenvalue weighted by molar-refractivity contribution is 8.18. The molecule has 2 amide bonds. The minimum Gasteiger partial charge on any atom is -0.347 e. The van der Waals surface area contributed by atoms with Gasteiger partial charge >= 0.3 is 0 Å². The number of likely N-dealkylation sites (N-methyl/N-ethyl adjacent to an activating group) is 1. The van der Waals surface area contributed by atoms with Crippen LogP contribution in [0.4, 0.5) is 4.79 Å². The maximum atomic E-state index is 11.9. The standard InChI is InChI=1S/C15H14N2O2S/c1-3-17-9-10(11-6-4-5-7-12(11)17)8-13-14(18)16(2)15(19)20-13/h4-9H,3H2,1-2H3/b13-8-. The van der Waals surface area contributed by atoms with Crippen LogP contribution in [-0.2, 0) is 11.3 Å². The SMILES string of the molecule is CCn1cc(/C=C2\SC(=O)N(C)C2=O)c2ccccc21. The third-order valence-corrected chi connectivity index (χ3v) is 4.39. The number of aryl methyl sites for hydroxylation is 1. The van der Waals surface area contributed by atoms with Crippen LogP contribution in [-0.4, -0.2) is 27.7 Å². The summed E-state index contributed by atoms with van der Waals surface area (Å²) in [6.45, 7) is 2.94. The van der Waals surface area contributed by atoms with Crippen LogP contribution < -0.4 is 0 Å². The highest BCUT2D eigenvalue weighted by Crippen LogP contribution is 2.33. The number of hydrogen-bond acceptors (Lipinski definition) is 3. The van der Waals surface area contributed by atoms with E-state index in [9.17, 15) is 9.59 Å². The fraction of sp³-hybridized carbons (Fsp3) is 0.200. The Hall–Kier alpha value is -2.01. The van der Waals surface area contributed by atoms with Crippen molar-refractivity contribution in [1.29, 1.82) is 0 Å². The van der Waals surface area contributed by atoms with Gasteiger partial charge in [-0.2, -0.15) is 0 Å². The van der Waals surface area contributed by atoms with Gasteiger partial charge in [0.1, 0.15) is 0 Å². The Bertz CT molecular complexity index is 745. The molecule has 0 saturated carbocycles. The van der Waals surface area contributed by atoms with E-state index >= 15 is 0 Å². The molecule has 1 fully saturated rings. The van der Waals surface area contributed by atoms with Crippen LogP contribution in [0.5, 0.6) is 0 Å². The summed E-state index contributed by atoms with van der Waals surface area (Å²) in [7, 11) is 1.51. The van der Waals surface area contributed by atoms with Crippen LogP contribution >= 0.6 is 11.8 Å². The lowest BCUT2D eigenvalue weighted by atomic mass is 10.1. The van der Waals surface area contributed by atoms with Crippen LogP contribution in [0, 0.1) is 0 Å². The quantitative estimate of drug-likeness (QED) is 0.795. The molecule has 0 radical (unpaired) electrons. The van der Waals surface area contributed by atoms with Gasteiger partial charge in [0, 0.05) is 36.3 Å². The number of thioether (sulfide) groups is 1. The molecular weight excluding hydrogens is 272 g/mol. The molecule has 1 aromatic carbocycles. The molecule has 2 aromatic rings. The van der Waals surface area contributed by atoms with Gasteiger partial charge < -0.3 is 4.57 Å². The lowest BCUT2D eigenvalue weighted by molar-refractivity contribution is -0.121. The predicted octanol–water partition coefficient (Wildman–Crippen LogP) is 3.33. The van der Waals surface area contributed by atoms with E-state index in [1.165, 1.54) is 7.05 Å². The lowest BCUT2D eigenvalue weighted by Gasteiger charge is -2.00. The van der Waals surface area contributed by atoms with Crippen molar-refractivity contribution < 1.29 is 9.59 Å². The minimum absolute atomic E-state index is 0.222. The number of benzene rings is 1. The lowest BCUT2D eigenvalue weighted by Crippen LogP contribution is -2.22. The zero-order valence-electron chi connectivity index (χ0n) is 11.3. The summed E-state index contributed by atoms with van der Waals surface area (Å²) in [4.78, 5) is 25.1. The summed E-state index contributed by atoms with van der Waals surface area (Å²) in [6, 6.07) is 8.06. The first-order valence-corrected chi connectivity index (χ1v) is 7.23. The number of nitrogens with zero attached hydrogens (tertiary/aromatic N) is 2. The van der Waals surface area contributed by atoms with Gasteiger partial charge in [0.15, 0.2) is 0 Å². The molecule has 0 spiro atoms. The second-order valence-electron chi connectivity index (χ2n) is 4.63. The normalized spacial score (nSPS) is 17.7. The van der Waals surface area contributed by atoms with Crippen LogP contribution in [0.15, 0.2) is 35.4 Å². The molecule has 1 aromatic heterocycles. The summed E-state index contributed by atoms with van der Waals surface area (Å²) in [5.41, 5.74) is 2.11. The Morgan fingerprint density at radius 2 is 2.00 bits per heavy atom. The largest absolute Gasteiger partial charge is 0.347 e. The molecule has 20 heavy (non-hydrogen) atoms. The summed E-state index contributed by atoms with van der Waals surface area (Å²) < 4.78 is 2.14. The Labute approximate surface area is 121 Å². The number of carbonyl (C=O) groups is 2. The van der Waals surface area contributed by atoms with Crippen molar-refractivity contribution in [2.75, 3.05) is 7.05 Å². The molecule has 5 heteroatoms. The van der Waals surface area contributed by atoms with Crippen molar-refractivity contribution in [2.45, 2.75) is 13.5 Å². The minimum atomic E-state index is -0.228. The Balaban J connectivity index is 2.12. The Morgan fingerprint density at radius 1 is 1.25 bits per heavy atom. The maximum absolute atomic E-state index is 11.9. The highest BCUT2D eigenvalue weighted by Gasteiger charge is 2.31.